The van der Waals surface area contributed by atoms with Crippen LogP contribution in [0.5, 0.6) is 0 Å². The zero-order valence-electron chi connectivity index (χ0n) is 9.41. The SMILES string of the molecule is CNCC1CN(Cc2csc(Br)c2)CCO1. The Morgan fingerprint density at radius 2 is 2.56 bits per heavy atom. The largest absolute Gasteiger partial charge is 0.374 e. The van der Waals surface area contributed by atoms with Crippen LogP contribution in [-0.2, 0) is 11.3 Å². The fourth-order valence-corrected chi connectivity index (χ4v) is 3.16. The van der Waals surface area contributed by atoms with E-state index < -0.39 is 0 Å². The highest BCUT2D eigenvalue weighted by Gasteiger charge is 2.19. The van der Waals surface area contributed by atoms with Crippen LogP contribution in [0.2, 0.25) is 0 Å². The second-order valence-corrected chi connectivity index (χ2v) is 6.34. The molecule has 0 aromatic carbocycles. The molecule has 1 aromatic heterocycles. The average molecular weight is 305 g/mol. The number of thiophene rings is 1. The van der Waals surface area contributed by atoms with E-state index in [1.165, 1.54) is 9.35 Å². The molecule has 1 aromatic rings. The van der Waals surface area contributed by atoms with Crippen LogP contribution in [0.3, 0.4) is 0 Å². The summed E-state index contributed by atoms with van der Waals surface area (Å²) in [6.07, 6.45) is 0.334. The Kier molecular flexibility index (Phi) is 4.79. The van der Waals surface area contributed by atoms with Crippen LogP contribution >= 0.6 is 27.3 Å². The number of morpholine rings is 1. The third kappa shape index (κ3) is 3.53. The zero-order valence-corrected chi connectivity index (χ0v) is 11.8. The first-order valence-electron chi connectivity index (χ1n) is 5.49. The Hall–Kier alpha value is 0.0600. The highest BCUT2D eigenvalue weighted by Crippen LogP contribution is 2.22. The van der Waals surface area contributed by atoms with E-state index in [1.54, 1.807) is 11.3 Å². The number of nitrogens with zero attached hydrogens (tertiary/aromatic N) is 1. The van der Waals surface area contributed by atoms with Crippen molar-refractivity contribution in [1.29, 1.82) is 0 Å². The quantitative estimate of drug-likeness (QED) is 0.920. The summed E-state index contributed by atoms with van der Waals surface area (Å²) >= 11 is 5.25. The molecule has 1 saturated heterocycles. The first-order valence-corrected chi connectivity index (χ1v) is 7.16. The van der Waals surface area contributed by atoms with E-state index >= 15 is 0 Å². The monoisotopic (exact) mass is 304 g/mol. The number of hydrogen-bond acceptors (Lipinski definition) is 4. The third-order valence-corrected chi connectivity index (χ3v) is 4.24. The van der Waals surface area contributed by atoms with Gasteiger partial charge in [0.25, 0.3) is 0 Å². The van der Waals surface area contributed by atoms with E-state index in [4.69, 9.17) is 4.74 Å². The molecule has 1 atom stereocenters. The molecule has 2 rings (SSSR count). The van der Waals surface area contributed by atoms with Gasteiger partial charge in [0.05, 0.1) is 16.5 Å². The van der Waals surface area contributed by atoms with Crippen molar-refractivity contribution in [3.8, 4) is 0 Å². The fraction of sp³-hybridized carbons (Fsp3) is 0.636. The van der Waals surface area contributed by atoms with Crippen LogP contribution in [0.25, 0.3) is 0 Å². The van der Waals surface area contributed by atoms with E-state index in [-0.39, 0.29) is 0 Å². The van der Waals surface area contributed by atoms with Gasteiger partial charge in [0, 0.05) is 26.2 Å². The van der Waals surface area contributed by atoms with Crippen LogP contribution < -0.4 is 5.32 Å². The van der Waals surface area contributed by atoms with Gasteiger partial charge >= 0.3 is 0 Å². The highest BCUT2D eigenvalue weighted by molar-refractivity contribution is 9.11. The second-order valence-electron chi connectivity index (χ2n) is 4.04. The first kappa shape index (κ1) is 12.5. The van der Waals surface area contributed by atoms with Crippen LogP contribution in [0, 0.1) is 0 Å². The molecule has 0 spiro atoms. The lowest BCUT2D eigenvalue weighted by atomic mass is 10.2. The minimum Gasteiger partial charge on any atom is -0.374 e. The lowest BCUT2D eigenvalue weighted by Crippen LogP contribution is -2.45. The van der Waals surface area contributed by atoms with E-state index in [1.807, 2.05) is 7.05 Å². The minimum absolute atomic E-state index is 0.334. The molecule has 90 valence electrons. The molecule has 1 aliphatic rings. The molecule has 16 heavy (non-hydrogen) atoms. The summed E-state index contributed by atoms with van der Waals surface area (Å²) in [5.74, 6) is 0. The van der Waals surface area contributed by atoms with Crippen LogP contribution in [0.15, 0.2) is 15.2 Å². The van der Waals surface area contributed by atoms with Gasteiger partial charge < -0.3 is 10.1 Å². The van der Waals surface area contributed by atoms with Gasteiger partial charge in [-0.1, -0.05) is 0 Å². The van der Waals surface area contributed by atoms with Crippen molar-refractivity contribution in [3.63, 3.8) is 0 Å². The highest BCUT2D eigenvalue weighted by atomic mass is 79.9. The molecule has 0 bridgehead atoms. The number of halogens is 1. The molecular weight excluding hydrogens is 288 g/mol. The molecule has 1 aliphatic heterocycles. The summed E-state index contributed by atoms with van der Waals surface area (Å²) < 4.78 is 6.89. The Balaban J connectivity index is 1.85. The van der Waals surface area contributed by atoms with Crippen LogP contribution in [0.4, 0.5) is 0 Å². The van der Waals surface area contributed by atoms with Crippen molar-refractivity contribution in [2.24, 2.45) is 0 Å². The van der Waals surface area contributed by atoms with Gasteiger partial charge in [0.2, 0.25) is 0 Å². The third-order valence-electron chi connectivity index (χ3n) is 2.68. The van der Waals surface area contributed by atoms with Gasteiger partial charge in [-0.05, 0) is 40.0 Å². The maximum absolute atomic E-state index is 5.68. The summed E-state index contributed by atoms with van der Waals surface area (Å²) in [6, 6.07) is 2.20. The number of rotatable bonds is 4. The van der Waals surface area contributed by atoms with Crippen LogP contribution in [-0.4, -0.2) is 44.3 Å². The van der Waals surface area contributed by atoms with E-state index in [2.05, 4.69) is 37.6 Å². The standard InChI is InChI=1S/C11H17BrN2OS/c1-13-5-10-7-14(2-3-15-10)6-9-4-11(12)16-8-9/h4,8,10,13H,2-3,5-7H2,1H3. The number of nitrogens with one attached hydrogen (secondary N) is 1. The normalized spacial score (nSPS) is 22.5. The molecule has 5 heteroatoms. The van der Waals surface area contributed by atoms with Gasteiger partial charge in [-0.3, -0.25) is 4.90 Å². The molecule has 1 N–H and O–H groups in total. The average Bonchev–Trinajstić information content (AvgIpc) is 2.65. The van der Waals surface area contributed by atoms with Gasteiger partial charge in [0.1, 0.15) is 0 Å². The van der Waals surface area contributed by atoms with Gasteiger partial charge in [0.15, 0.2) is 0 Å². The molecule has 0 amide bonds. The predicted octanol–water partition coefficient (Wildman–Crippen LogP) is 1.93. The first-order chi connectivity index (χ1) is 7.78. The molecule has 2 heterocycles. The molecule has 1 unspecified atom stereocenters. The molecule has 0 saturated carbocycles. The van der Waals surface area contributed by atoms with Gasteiger partial charge in [-0.15, -0.1) is 11.3 Å². The Bertz CT molecular complexity index is 330. The van der Waals surface area contributed by atoms with E-state index in [0.717, 1.165) is 32.8 Å². The van der Waals surface area contributed by atoms with Crippen molar-refractivity contribution < 1.29 is 4.74 Å². The van der Waals surface area contributed by atoms with Crippen molar-refractivity contribution in [3.05, 3.63) is 20.8 Å². The molecule has 1 fully saturated rings. The van der Waals surface area contributed by atoms with Crippen molar-refractivity contribution in [2.75, 3.05) is 33.3 Å². The summed E-state index contributed by atoms with van der Waals surface area (Å²) in [4.78, 5) is 2.46. The summed E-state index contributed by atoms with van der Waals surface area (Å²) in [5, 5.41) is 5.38. The smallest absolute Gasteiger partial charge is 0.0826 e. The summed E-state index contributed by atoms with van der Waals surface area (Å²) in [7, 11) is 1.97. The second kappa shape index (κ2) is 6.12. The van der Waals surface area contributed by atoms with Gasteiger partial charge in [-0.2, -0.15) is 0 Å². The lowest BCUT2D eigenvalue weighted by Gasteiger charge is -2.32. The number of hydrogen-bond donors (Lipinski definition) is 1. The maximum atomic E-state index is 5.68. The van der Waals surface area contributed by atoms with Crippen molar-refractivity contribution in [2.45, 2.75) is 12.6 Å². The van der Waals surface area contributed by atoms with E-state index in [0.29, 0.717) is 6.10 Å². The fourth-order valence-electron chi connectivity index (χ4n) is 1.96. The molecule has 0 radical (unpaired) electrons. The summed E-state index contributed by atoms with van der Waals surface area (Å²) in [5.41, 5.74) is 1.39. The maximum Gasteiger partial charge on any atom is 0.0826 e. The van der Waals surface area contributed by atoms with Crippen molar-refractivity contribution >= 4 is 27.3 Å². The topological polar surface area (TPSA) is 24.5 Å². The molecule has 3 nitrogen and oxygen atoms in total. The Labute approximate surface area is 109 Å². The predicted molar refractivity (Wildman–Crippen MR) is 71.0 cm³/mol. The van der Waals surface area contributed by atoms with E-state index in [9.17, 15) is 0 Å². The molecular formula is C11H17BrN2OS. The molecule has 0 aliphatic carbocycles. The number of likely N-dealkylation sites (N-methyl/N-ethyl adjacent to an activating group) is 1. The zero-order chi connectivity index (χ0) is 11.4. The lowest BCUT2D eigenvalue weighted by molar-refractivity contribution is -0.0291. The van der Waals surface area contributed by atoms with Crippen LogP contribution in [0.1, 0.15) is 5.56 Å². The minimum atomic E-state index is 0.334. The summed E-state index contributed by atoms with van der Waals surface area (Å²) in [6.45, 7) is 4.87. The van der Waals surface area contributed by atoms with Crippen molar-refractivity contribution in [1.82, 2.24) is 10.2 Å². The van der Waals surface area contributed by atoms with Gasteiger partial charge in [-0.25, -0.2) is 0 Å². The Morgan fingerprint density at radius 1 is 1.69 bits per heavy atom. The number of ether oxygens (including phenoxy) is 1. The Morgan fingerprint density at radius 3 is 3.25 bits per heavy atom.